The molecular weight excluding hydrogens is 377 g/mol. The predicted molar refractivity (Wildman–Crippen MR) is 91.8 cm³/mol. The molecule has 2 amide bonds. The molecule has 2 aromatic rings. The maximum Gasteiger partial charge on any atom is 0.573 e. The Morgan fingerprint density at radius 1 is 1.29 bits per heavy atom. The zero-order valence-electron chi connectivity index (χ0n) is 15.1. The van der Waals surface area contributed by atoms with Crippen molar-refractivity contribution in [3.63, 3.8) is 0 Å². The molecule has 1 atom stereocenters. The normalized spacial score (nSPS) is 17.1. The van der Waals surface area contributed by atoms with Crippen molar-refractivity contribution >= 4 is 11.8 Å². The van der Waals surface area contributed by atoms with Crippen molar-refractivity contribution in [1.82, 2.24) is 9.80 Å². The van der Waals surface area contributed by atoms with E-state index in [2.05, 4.69) is 4.74 Å². The Balaban J connectivity index is 1.55. The van der Waals surface area contributed by atoms with Gasteiger partial charge in [-0.2, -0.15) is 0 Å². The molecule has 0 spiro atoms. The van der Waals surface area contributed by atoms with Gasteiger partial charge < -0.3 is 19.0 Å². The van der Waals surface area contributed by atoms with Crippen LogP contribution in [0.25, 0.3) is 0 Å². The van der Waals surface area contributed by atoms with Crippen LogP contribution in [0.3, 0.4) is 0 Å². The van der Waals surface area contributed by atoms with Gasteiger partial charge in [-0.15, -0.1) is 13.2 Å². The molecule has 28 heavy (non-hydrogen) atoms. The lowest BCUT2D eigenvalue weighted by atomic mass is 10.1. The number of likely N-dealkylation sites (tertiary alicyclic amines) is 1. The van der Waals surface area contributed by atoms with E-state index in [0.29, 0.717) is 24.4 Å². The van der Waals surface area contributed by atoms with Crippen molar-refractivity contribution < 1.29 is 31.9 Å². The van der Waals surface area contributed by atoms with E-state index in [-0.39, 0.29) is 30.5 Å². The number of ether oxygens (including phenoxy) is 1. The van der Waals surface area contributed by atoms with Crippen molar-refractivity contribution in [3.05, 3.63) is 54.0 Å². The molecule has 3 rings (SSSR count). The van der Waals surface area contributed by atoms with Crippen LogP contribution >= 0.6 is 0 Å². The molecule has 150 valence electrons. The second kappa shape index (κ2) is 7.95. The molecule has 0 N–H and O–H groups in total. The molecule has 1 unspecified atom stereocenters. The van der Waals surface area contributed by atoms with Gasteiger partial charge in [-0.05, 0) is 29.8 Å². The van der Waals surface area contributed by atoms with Crippen LogP contribution in [0.2, 0.25) is 0 Å². The van der Waals surface area contributed by atoms with E-state index in [0.717, 1.165) is 0 Å². The number of amides is 2. The molecule has 2 heterocycles. The number of alkyl halides is 3. The average Bonchev–Trinajstić information content (AvgIpc) is 3.25. The molecular formula is C19H19F3N2O4. The van der Waals surface area contributed by atoms with Gasteiger partial charge in [-0.3, -0.25) is 9.59 Å². The summed E-state index contributed by atoms with van der Waals surface area (Å²) >= 11 is 0. The Morgan fingerprint density at radius 3 is 2.61 bits per heavy atom. The highest BCUT2D eigenvalue weighted by molar-refractivity contribution is 5.89. The van der Waals surface area contributed by atoms with Gasteiger partial charge in [0.2, 0.25) is 11.8 Å². The van der Waals surface area contributed by atoms with E-state index in [1.54, 1.807) is 24.1 Å². The van der Waals surface area contributed by atoms with E-state index in [9.17, 15) is 22.8 Å². The molecule has 1 aliphatic heterocycles. The first-order valence-electron chi connectivity index (χ1n) is 8.61. The van der Waals surface area contributed by atoms with Gasteiger partial charge in [0.05, 0.1) is 18.7 Å². The summed E-state index contributed by atoms with van der Waals surface area (Å²) in [6, 6.07) is 8.83. The van der Waals surface area contributed by atoms with Crippen molar-refractivity contribution in [2.45, 2.75) is 25.9 Å². The van der Waals surface area contributed by atoms with Crippen LogP contribution in [0.1, 0.15) is 17.7 Å². The molecule has 1 aliphatic rings. The number of carbonyl (C=O) groups is 2. The summed E-state index contributed by atoms with van der Waals surface area (Å²) < 4.78 is 45.7. The lowest BCUT2D eigenvalue weighted by molar-refractivity contribution is -0.274. The lowest BCUT2D eigenvalue weighted by Gasteiger charge is -2.21. The fourth-order valence-corrected chi connectivity index (χ4v) is 3.14. The van der Waals surface area contributed by atoms with Crippen molar-refractivity contribution in [3.8, 4) is 5.75 Å². The number of rotatable bonds is 6. The van der Waals surface area contributed by atoms with E-state index in [4.69, 9.17) is 4.42 Å². The number of hydrogen-bond acceptors (Lipinski definition) is 4. The van der Waals surface area contributed by atoms with E-state index in [1.165, 1.54) is 35.4 Å². The molecule has 1 saturated heterocycles. The Kier molecular flexibility index (Phi) is 5.62. The quantitative estimate of drug-likeness (QED) is 0.753. The second-order valence-electron chi connectivity index (χ2n) is 6.64. The SMILES string of the molecule is CN(Cc1ccc(OC(F)(F)F)cc1)C(=O)C1CC(=O)N(Cc2ccco2)C1. The highest BCUT2D eigenvalue weighted by Crippen LogP contribution is 2.25. The first-order valence-corrected chi connectivity index (χ1v) is 8.61. The fraction of sp³-hybridized carbons (Fsp3) is 0.368. The minimum Gasteiger partial charge on any atom is -0.467 e. The maximum atomic E-state index is 12.6. The van der Waals surface area contributed by atoms with Crippen LogP contribution in [0.4, 0.5) is 13.2 Å². The van der Waals surface area contributed by atoms with Gasteiger partial charge in [0, 0.05) is 26.6 Å². The number of hydrogen-bond donors (Lipinski definition) is 0. The van der Waals surface area contributed by atoms with Crippen molar-refractivity contribution in [2.75, 3.05) is 13.6 Å². The highest BCUT2D eigenvalue weighted by Gasteiger charge is 2.36. The summed E-state index contributed by atoms with van der Waals surface area (Å²) in [5, 5.41) is 0. The number of carbonyl (C=O) groups excluding carboxylic acids is 2. The van der Waals surface area contributed by atoms with Gasteiger partial charge >= 0.3 is 6.36 Å². The third kappa shape index (κ3) is 5.05. The number of furan rings is 1. The van der Waals surface area contributed by atoms with Crippen molar-refractivity contribution in [2.24, 2.45) is 5.92 Å². The highest BCUT2D eigenvalue weighted by atomic mass is 19.4. The van der Waals surface area contributed by atoms with Crippen molar-refractivity contribution in [1.29, 1.82) is 0 Å². The second-order valence-corrected chi connectivity index (χ2v) is 6.64. The number of nitrogens with zero attached hydrogens (tertiary/aromatic N) is 2. The average molecular weight is 396 g/mol. The Morgan fingerprint density at radius 2 is 2.00 bits per heavy atom. The van der Waals surface area contributed by atoms with Crippen LogP contribution in [-0.2, 0) is 22.7 Å². The third-order valence-electron chi connectivity index (χ3n) is 4.44. The molecule has 1 fully saturated rings. The first kappa shape index (κ1) is 19.8. The van der Waals surface area contributed by atoms with E-state index < -0.39 is 12.3 Å². The molecule has 0 saturated carbocycles. The van der Waals surface area contributed by atoms with Gasteiger partial charge in [0.25, 0.3) is 0 Å². The first-order chi connectivity index (χ1) is 13.2. The molecule has 0 radical (unpaired) electrons. The van der Waals surface area contributed by atoms with Crippen LogP contribution in [0, 0.1) is 5.92 Å². The monoisotopic (exact) mass is 396 g/mol. The molecule has 0 bridgehead atoms. The molecule has 6 nitrogen and oxygen atoms in total. The molecule has 0 aliphatic carbocycles. The smallest absolute Gasteiger partial charge is 0.467 e. The van der Waals surface area contributed by atoms with Gasteiger partial charge in [-0.1, -0.05) is 12.1 Å². The lowest BCUT2D eigenvalue weighted by Crippen LogP contribution is -2.34. The summed E-state index contributed by atoms with van der Waals surface area (Å²) in [5.41, 5.74) is 0.655. The third-order valence-corrected chi connectivity index (χ3v) is 4.44. The van der Waals surface area contributed by atoms with Crippen LogP contribution in [-0.4, -0.2) is 41.6 Å². The fourth-order valence-electron chi connectivity index (χ4n) is 3.14. The molecule has 9 heteroatoms. The summed E-state index contributed by atoms with van der Waals surface area (Å²) in [4.78, 5) is 27.9. The molecule has 1 aromatic carbocycles. The summed E-state index contributed by atoms with van der Waals surface area (Å²) in [6.07, 6.45) is -3.09. The summed E-state index contributed by atoms with van der Waals surface area (Å²) in [7, 11) is 1.60. The zero-order valence-corrected chi connectivity index (χ0v) is 15.1. The maximum absolute atomic E-state index is 12.6. The molecule has 1 aromatic heterocycles. The Hall–Kier alpha value is -2.97. The van der Waals surface area contributed by atoms with Gasteiger partial charge in [0.1, 0.15) is 11.5 Å². The zero-order chi connectivity index (χ0) is 20.3. The van der Waals surface area contributed by atoms with Crippen LogP contribution < -0.4 is 4.74 Å². The number of halogens is 3. The minimum absolute atomic E-state index is 0.114. The van der Waals surface area contributed by atoms with E-state index >= 15 is 0 Å². The van der Waals surface area contributed by atoms with Gasteiger partial charge in [0.15, 0.2) is 0 Å². The van der Waals surface area contributed by atoms with E-state index in [1.807, 2.05) is 0 Å². The minimum atomic E-state index is -4.75. The summed E-state index contributed by atoms with van der Waals surface area (Å²) in [5.74, 6) is -0.431. The Bertz CT molecular complexity index is 819. The van der Waals surface area contributed by atoms with Crippen LogP contribution in [0.5, 0.6) is 5.75 Å². The summed E-state index contributed by atoms with van der Waals surface area (Å²) in [6.45, 7) is 0.842. The number of benzene rings is 1. The largest absolute Gasteiger partial charge is 0.573 e. The van der Waals surface area contributed by atoms with Gasteiger partial charge in [-0.25, -0.2) is 0 Å². The topological polar surface area (TPSA) is 63.0 Å². The van der Waals surface area contributed by atoms with Crippen LogP contribution in [0.15, 0.2) is 47.1 Å². The Labute approximate surface area is 159 Å². The predicted octanol–water partition coefficient (Wildman–Crippen LogP) is 3.19. The standard InChI is InChI=1S/C19H19F3N2O4/c1-23(10-13-4-6-15(7-5-13)28-19(20,21)22)18(26)14-9-17(25)24(11-14)12-16-3-2-8-27-16/h2-8,14H,9-12H2,1H3.